The number of carbonyl (C=O) groups is 1. The molecule has 6 heteroatoms. The van der Waals surface area contributed by atoms with Crippen LogP contribution in [0.25, 0.3) is 0 Å². The van der Waals surface area contributed by atoms with Crippen LogP contribution in [0.2, 0.25) is 0 Å². The molecule has 1 aromatic carbocycles. The van der Waals surface area contributed by atoms with Gasteiger partial charge in [-0.2, -0.15) is 13.2 Å². The van der Waals surface area contributed by atoms with Crippen LogP contribution >= 0.6 is 0 Å². The lowest BCUT2D eigenvalue weighted by Crippen LogP contribution is -2.40. The maximum Gasteiger partial charge on any atom is 0.417 e. The Balaban J connectivity index is 2.39. The Morgan fingerprint density at radius 1 is 1.33 bits per heavy atom. The van der Waals surface area contributed by atoms with E-state index in [2.05, 4.69) is 6.92 Å². The normalized spacial score (nSPS) is 23.2. The van der Waals surface area contributed by atoms with Crippen molar-refractivity contribution in [3.05, 3.63) is 29.3 Å². The number of hydrogen-bond acceptors (Lipinski definition) is 2. The van der Waals surface area contributed by atoms with Crippen LogP contribution in [-0.4, -0.2) is 23.7 Å². The average Bonchev–Trinajstić information content (AvgIpc) is 2.37. The summed E-state index contributed by atoms with van der Waals surface area (Å²) >= 11 is 0. The van der Waals surface area contributed by atoms with E-state index >= 15 is 0 Å². The van der Waals surface area contributed by atoms with E-state index in [0.717, 1.165) is 31.5 Å². The van der Waals surface area contributed by atoms with Crippen LogP contribution in [0.4, 0.5) is 18.9 Å². The van der Waals surface area contributed by atoms with Crippen molar-refractivity contribution in [3.63, 3.8) is 0 Å². The van der Waals surface area contributed by atoms with Crippen LogP contribution in [0.15, 0.2) is 18.2 Å². The maximum atomic E-state index is 12.8. The van der Waals surface area contributed by atoms with Gasteiger partial charge in [-0.25, -0.2) is 4.79 Å². The summed E-state index contributed by atoms with van der Waals surface area (Å²) in [5.41, 5.74) is -1.25. The zero-order valence-corrected chi connectivity index (χ0v) is 11.9. The smallest absolute Gasteiger partial charge is 0.417 e. The summed E-state index contributed by atoms with van der Waals surface area (Å²) in [5.74, 6) is -0.980. The molecular formula is C15H18F3NO2. The highest BCUT2D eigenvalue weighted by Crippen LogP contribution is 2.35. The van der Waals surface area contributed by atoms with Crippen molar-refractivity contribution in [1.82, 2.24) is 0 Å². The molecule has 1 aromatic rings. The minimum absolute atomic E-state index is 0.187. The molecule has 1 fully saturated rings. The van der Waals surface area contributed by atoms with E-state index in [1.165, 1.54) is 6.07 Å². The molecule has 1 heterocycles. The van der Waals surface area contributed by atoms with E-state index < -0.39 is 23.3 Å². The SMILES string of the molecule is CC1CCN(c2ccc(C(F)(F)F)c(C(=O)O)c2)C(C)C1. The first-order chi connectivity index (χ1) is 9.70. The van der Waals surface area contributed by atoms with Crippen LogP contribution in [0.3, 0.4) is 0 Å². The Morgan fingerprint density at radius 3 is 2.52 bits per heavy atom. The van der Waals surface area contributed by atoms with Crippen LogP contribution in [0.1, 0.15) is 42.6 Å². The van der Waals surface area contributed by atoms with Crippen molar-refractivity contribution in [2.75, 3.05) is 11.4 Å². The number of halogens is 3. The van der Waals surface area contributed by atoms with Gasteiger partial charge in [0.1, 0.15) is 0 Å². The molecule has 0 aromatic heterocycles. The average molecular weight is 301 g/mol. The molecule has 2 atom stereocenters. The summed E-state index contributed by atoms with van der Waals surface area (Å²) in [7, 11) is 0. The highest BCUT2D eigenvalue weighted by atomic mass is 19.4. The van der Waals surface area contributed by atoms with Gasteiger partial charge in [-0.1, -0.05) is 6.92 Å². The van der Waals surface area contributed by atoms with E-state index in [9.17, 15) is 18.0 Å². The third-order valence-corrected chi connectivity index (χ3v) is 4.01. The summed E-state index contributed by atoms with van der Waals surface area (Å²) in [5, 5.41) is 9.04. The zero-order chi connectivity index (χ0) is 15.8. The second-order valence-electron chi connectivity index (χ2n) is 5.70. The molecule has 116 valence electrons. The third kappa shape index (κ3) is 3.31. The molecule has 0 bridgehead atoms. The highest BCUT2D eigenvalue weighted by Gasteiger charge is 2.36. The summed E-state index contributed by atoms with van der Waals surface area (Å²) in [6, 6.07) is 3.55. The van der Waals surface area contributed by atoms with Gasteiger partial charge in [0.05, 0.1) is 11.1 Å². The number of nitrogens with zero attached hydrogens (tertiary/aromatic N) is 1. The lowest BCUT2D eigenvalue weighted by molar-refractivity contribution is -0.138. The molecule has 0 aliphatic carbocycles. The van der Waals surface area contributed by atoms with Gasteiger partial charge >= 0.3 is 12.1 Å². The van der Waals surface area contributed by atoms with Gasteiger partial charge in [0.25, 0.3) is 0 Å². The molecule has 2 unspecified atom stereocenters. The molecule has 1 aliphatic heterocycles. The Bertz CT molecular complexity index is 542. The Hall–Kier alpha value is -1.72. The van der Waals surface area contributed by atoms with Gasteiger partial charge in [0.15, 0.2) is 0 Å². The standard InChI is InChI=1S/C15H18F3NO2/c1-9-5-6-19(10(2)7-9)11-3-4-13(15(16,17)18)12(8-11)14(20)21/h3-4,8-10H,5-7H2,1-2H3,(H,20,21). The molecule has 1 N–H and O–H groups in total. The molecule has 0 amide bonds. The quantitative estimate of drug-likeness (QED) is 0.896. The lowest BCUT2D eigenvalue weighted by atomic mass is 9.92. The number of aromatic carboxylic acids is 1. The van der Waals surface area contributed by atoms with Crippen LogP contribution in [0.5, 0.6) is 0 Å². The maximum absolute atomic E-state index is 12.8. The number of piperidine rings is 1. The Morgan fingerprint density at radius 2 is 2.00 bits per heavy atom. The third-order valence-electron chi connectivity index (χ3n) is 4.01. The van der Waals surface area contributed by atoms with Gasteiger partial charge in [0, 0.05) is 18.3 Å². The van der Waals surface area contributed by atoms with E-state index in [-0.39, 0.29) is 6.04 Å². The fourth-order valence-electron chi connectivity index (χ4n) is 2.93. The van der Waals surface area contributed by atoms with E-state index in [1.807, 2.05) is 11.8 Å². The Labute approximate surface area is 121 Å². The molecule has 3 nitrogen and oxygen atoms in total. The zero-order valence-electron chi connectivity index (χ0n) is 11.9. The van der Waals surface area contributed by atoms with Crippen LogP contribution in [-0.2, 0) is 6.18 Å². The van der Waals surface area contributed by atoms with Crippen molar-refractivity contribution >= 4 is 11.7 Å². The number of alkyl halides is 3. The lowest BCUT2D eigenvalue weighted by Gasteiger charge is -2.38. The molecular weight excluding hydrogens is 283 g/mol. The monoisotopic (exact) mass is 301 g/mol. The van der Waals surface area contributed by atoms with Crippen molar-refractivity contribution in [3.8, 4) is 0 Å². The molecule has 21 heavy (non-hydrogen) atoms. The first-order valence-corrected chi connectivity index (χ1v) is 6.91. The Kier molecular flexibility index (Phi) is 4.16. The molecule has 2 rings (SSSR count). The van der Waals surface area contributed by atoms with Gasteiger partial charge in [-0.3, -0.25) is 0 Å². The fraction of sp³-hybridized carbons (Fsp3) is 0.533. The number of rotatable bonds is 2. The van der Waals surface area contributed by atoms with E-state index in [4.69, 9.17) is 5.11 Å². The number of carboxylic acids is 1. The highest BCUT2D eigenvalue weighted by molar-refractivity contribution is 5.91. The van der Waals surface area contributed by atoms with Gasteiger partial charge in [-0.15, -0.1) is 0 Å². The van der Waals surface area contributed by atoms with E-state index in [0.29, 0.717) is 11.6 Å². The van der Waals surface area contributed by atoms with Gasteiger partial charge in [0.2, 0.25) is 0 Å². The minimum Gasteiger partial charge on any atom is -0.478 e. The van der Waals surface area contributed by atoms with Crippen LogP contribution < -0.4 is 4.90 Å². The first kappa shape index (κ1) is 15.7. The molecule has 0 spiro atoms. The van der Waals surface area contributed by atoms with Gasteiger partial charge < -0.3 is 10.0 Å². The summed E-state index contributed by atoms with van der Waals surface area (Å²) in [6.07, 6.45) is -2.76. The minimum atomic E-state index is -4.66. The number of benzene rings is 1. The fourth-order valence-corrected chi connectivity index (χ4v) is 2.93. The topological polar surface area (TPSA) is 40.5 Å². The summed E-state index contributed by atoms with van der Waals surface area (Å²) in [6.45, 7) is 4.88. The van der Waals surface area contributed by atoms with Crippen molar-refractivity contribution in [2.24, 2.45) is 5.92 Å². The summed E-state index contributed by atoms with van der Waals surface area (Å²) in [4.78, 5) is 13.1. The number of hydrogen-bond donors (Lipinski definition) is 1. The number of carboxylic acid groups (broad SMARTS) is 1. The van der Waals surface area contributed by atoms with Gasteiger partial charge in [-0.05, 0) is 43.9 Å². The van der Waals surface area contributed by atoms with Crippen molar-refractivity contribution in [2.45, 2.75) is 38.9 Å². The molecule has 1 aliphatic rings. The van der Waals surface area contributed by atoms with E-state index in [1.54, 1.807) is 0 Å². The second-order valence-corrected chi connectivity index (χ2v) is 5.70. The second kappa shape index (κ2) is 5.58. The predicted octanol–water partition coefficient (Wildman–Crippen LogP) is 4.03. The molecule has 1 saturated heterocycles. The predicted molar refractivity (Wildman–Crippen MR) is 73.6 cm³/mol. The van der Waals surface area contributed by atoms with Crippen molar-refractivity contribution in [1.29, 1.82) is 0 Å². The van der Waals surface area contributed by atoms with Crippen molar-refractivity contribution < 1.29 is 23.1 Å². The number of anilines is 1. The van der Waals surface area contributed by atoms with Crippen LogP contribution in [0, 0.1) is 5.92 Å². The summed E-state index contributed by atoms with van der Waals surface area (Å²) < 4.78 is 38.5. The first-order valence-electron chi connectivity index (χ1n) is 6.91. The molecule has 0 radical (unpaired) electrons. The largest absolute Gasteiger partial charge is 0.478 e. The molecule has 0 saturated carbocycles.